The average molecular weight is 319 g/mol. The normalized spacial score (nSPS) is 10.9. The van der Waals surface area contributed by atoms with Gasteiger partial charge in [0.25, 0.3) is 11.3 Å². The quantitative estimate of drug-likeness (QED) is 0.625. The second-order valence-electron chi connectivity index (χ2n) is 5.16. The molecule has 0 spiro atoms. The van der Waals surface area contributed by atoms with E-state index in [9.17, 15) is 4.79 Å². The Morgan fingerprint density at radius 3 is 2.62 bits per heavy atom. The molecule has 3 aromatic heterocycles. The molecular weight excluding hydrogens is 306 g/mol. The molecule has 4 rings (SSSR count). The van der Waals surface area contributed by atoms with E-state index in [1.54, 1.807) is 19.5 Å². The van der Waals surface area contributed by atoms with Crippen LogP contribution in [0.25, 0.3) is 28.4 Å². The van der Waals surface area contributed by atoms with Gasteiger partial charge in [0.05, 0.1) is 12.8 Å². The van der Waals surface area contributed by atoms with Crippen LogP contribution in [0.5, 0.6) is 5.75 Å². The van der Waals surface area contributed by atoms with Gasteiger partial charge >= 0.3 is 0 Å². The second kappa shape index (κ2) is 5.62. The van der Waals surface area contributed by atoms with Crippen LogP contribution in [0, 0.1) is 0 Å². The van der Waals surface area contributed by atoms with Crippen molar-refractivity contribution >= 4 is 5.78 Å². The predicted octanol–water partition coefficient (Wildman–Crippen LogP) is 2.16. The molecule has 3 heterocycles. The van der Waals surface area contributed by atoms with Crippen LogP contribution in [0.3, 0.4) is 0 Å². The summed E-state index contributed by atoms with van der Waals surface area (Å²) < 4.78 is 6.46. The van der Waals surface area contributed by atoms with Gasteiger partial charge in [0.2, 0.25) is 0 Å². The van der Waals surface area contributed by atoms with Crippen LogP contribution >= 0.6 is 0 Å². The number of hydrogen-bond acceptors (Lipinski definition) is 5. The highest BCUT2D eigenvalue weighted by Gasteiger charge is 2.10. The molecule has 0 aliphatic carbocycles. The number of ether oxygens (including phenoxy) is 1. The third kappa shape index (κ3) is 2.41. The zero-order valence-electron chi connectivity index (χ0n) is 12.8. The number of rotatable bonds is 3. The van der Waals surface area contributed by atoms with Crippen LogP contribution in [-0.2, 0) is 0 Å². The maximum atomic E-state index is 12.4. The maximum absolute atomic E-state index is 12.4. The standard InChI is InChI=1S/C17H13N5O2/c1-24-13-6-4-11(5-7-13)14-9-15(23)22-17(19-14)20-16(21-22)12-3-2-8-18-10-12/h2-10H,1H3,(H,19,20,21). The van der Waals surface area contributed by atoms with E-state index < -0.39 is 0 Å². The van der Waals surface area contributed by atoms with Crippen LogP contribution in [0.15, 0.2) is 59.7 Å². The minimum atomic E-state index is -0.228. The van der Waals surface area contributed by atoms with E-state index in [1.807, 2.05) is 36.4 Å². The molecule has 0 saturated heterocycles. The molecule has 0 bridgehead atoms. The molecule has 7 nitrogen and oxygen atoms in total. The fraction of sp³-hybridized carbons (Fsp3) is 0.0588. The molecule has 0 saturated carbocycles. The third-order valence-electron chi connectivity index (χ3n) is 3.65. The number of H-pyrrole nitrogens is 1. The molecule has 7 heteroatoms. The van der Waals surface area contributed by atoms with E-state index >= 15 is 0 Å². The van der Waals surface area contributed by atoms with Crippen molar-refractivity contribution in [2.45, 2.75) is 0 Å². The molecule has 118 valence electrons. The van der Waals surface area contributed by atoms with Gasteiger partial charge in [0.15, 0.2) is 5.82 Å². The molecule has 1 N–H and O–H groups in total. The summed E-state index contributed by atoms with van der Waals surface area (Å²) in [6.07, 6.45) is 3.35. The Bertz CT molecular complexity index is 1050. The van der Waals surface area contributed by atoms with Crippen molar-refractivity contribution in [2.75, 3.05) is 7.11 Å². The van der Waals surface area contributed by atoms with Crippen LogP contribution in [0.1, 0.15) is 0 Å². The first-order valence-electron chi connectivity index (χ1n) is 7.29. The highest BCUT2D eigenvalue weighted by molar-refractivity contribution is 5.62. The Labute approximate surface area is 136 Å². The fourth-order valence-corrected chi connectivity index (χ4v) is 2.42. The molecule has 4 aromatic rings. The Morgan fingerprint density at radius 2 is 1.92 bits per heavy atom. The topological polar surface area (TPSA) is 85.2 Å². The lowest BCUT2D eigenvalue weighted by Crippen LogP contribution is -2.14. The molecule has 0 fully saturated rings. The van der Waals surface area contributed by atoms with Gasteiger partial charge in [-0.1, -0.05) is 0 Å². The van der Waals surface area contributed by atoms with Gasteiger partial charge in [0, 0.05) is 29.6 Å². The number of aromatic amines is 1. The van der Waals surface area contributed by atoms with E-state index in [-0.39, 0.29) is 5.56 Å². The van der Waals surface area contributed by atoms with Gasteiger partial charge in [-0.05, 0) is 36.4 Å². The SMILES string of the molecule is COc1ccc(-c2cc(=O)n3[nH]c(-c4cccnc4)nc3n2)cc1. The zero-order chi connectivity index (χ0) is 16.5. The summed E-state index contributed by atoms with van der Waals surface area (Å²) in [7, 11) is 1.61. The van der Waals surface area contributed by atoms with Crippen LogP contribution in [0.2, 0.25) is 0 Å². The monoisotopic (exact) mass is 319 g/mol. The Morgan fingerprint density at radius 1 is 1.08 bits per heavy atom. The summed E-state index contributed by atoms with van der Waals surface area (Å²) in [5.41, 5.74) is 1.94. The van der Waals surface area contributed by atoms with Crippen molar-refractivity contribution in [1.29, 1.82) is 0 Å². The van der Waals surface area contributed by atoms with Gasteiger partial charge in [0.1, 0.15) is 5.75 Å². The average Bonchev–Trinajstić information content (AvgIpc) is 3.07. The molecule has 24 heavy (non-hydrogen) atoms. The summed E-state index contributed by atoms with van der Waals surface area (Å²) in [4.78, 5) is 25.3. The van der Waals surface area contributed by atoms with E-state index in [1.165, 1.54) is 10.6 Å². The molecule has 0 amide bonds. The summed E-state index contributed by atoms with van der Waals surface area (Å²) in [5.74, 6) is 1.60. The summed E-state index contributed by atoms with van der Waals surface area (Å²) >= 11 is 0. The van der Waals surface area contributed by atoms with E-state index in [0.717, 1.165) is 16.9 Å². The van der Waals surface area contributed by atoms with Crippen molar-refractivity contribution < 1.29 is 4.74 Å². The van der Waals surface area contributed by atoms with Crippen molar-refractivity contribution in [2.24, 2.45) is 0 Å². The number of pyridine rings is 1. The third-order valence-corrected chi connectivity index (χ3v) is 3.65. The van der Waals surface area contributed by atoms with E-state index in [4.69, 9.17) is 4.74 Å². The smallest absolute Gasteiger partial charge is 0.274 e. The zero-order valence-corrected chi connectivity index (χ0v) is 12.8. The van der Waals surface area contributed by atoms with Gasteiger partial charge in [-0.2, -0.15) is 9.50 Å². The first-order valence-corrected chi connectivity index (χ1v) is 7.29. The molecular formula is C17H13N5O2. The largest absolute Gasteiger partial charge is 0.497 e. The van der Waals surface area contributed by atoms with Crippen molar-refractivity contribution in [3.63, 3.8) is 0 Å². The Balaban J connectivity index is 1.83. The number of methoxy groups -OCH3 is 1. The predicted molar refractivity (Wildman–Crippen MR) is 88.8 cm³/mol. The summed E-state index contributed by atoms with van der Waals surface area (Å²) in [5, 5.41) is 2.95. The minimum absolute atomic E-state index is 0.228. The van der Waals surface area contributed by atoms with Gasteiger partial charge in [-0.3, -0.25) is 14.9 Å². The summed E-state index contributed by atoms with van der Waals surface area (Å²) in [6.45, 7) is 0. The molecule has 0 aliphatic heterocycles. The number of nitrogens with one attached hydrogen (secondary N) is 1. The molecule has 0 aliphatic rings. The molecule has 0 atom stereocenters. The van der Waals surface area contributed by atoms with Crippen molar-refractivity contribution in [3.05, 3.63) is 65.2 Å². The molecule has 0 unspecified atom stereocenters. The number of fused-ring (bicyclic) bond motifs is 1. The lowest BCUT2D eigenvalue weighted by molar-refractivity contribution is 0.415. The molecule has 1 aromatic carbocycles. The Hall–Kier alpha value is -3.48. The second-order valence-corrected chi connectivity index (χ2v) is 5.16. The fourth-order valence-electron chi connectivity index (χ4n) is 2.42. The van der Waals surface area contributed by atoms with Crippen LogP contribution in [-0.4, -0.2) is 31.7 Å². The van der Waals surface area contributed by atoms with Gasteiger partial charge in [-0.15, -0.1) is 0 Å². The lowest BCUT2D eigenvalue weighted by atomic mass is 10.1. The maximum Gasteiger partial charge on any atom is 0.274 e. The highest BCUT2D eigenvalue weighted by atomic mass is 16.5. The van der Waals surface area contributed by atoms with E-state index in [0.29, 0.717) is 17.3 Å². The first-order chi connectivity index (χ1) is 11.7. The first kappa shape index (κ1) is 14.1. The van der Waals surface area contributed by atoms with Crippen LogP contribution < -0.4 is 10.3 Å². The van der Waals surface area contributed by atoms with Gasteiger partial charge in [-0.25, -0.2) is 4.98 Å². The van der Waals surface area contributed by atoms with Crippen molar-refractivity contribution in [3.8, 4) is 28.4 Å². The van der Waals surface area contributed by atoms with Crippen molar-refractivity contribution in [1.82, 2.24) is 24.6 Å². The number of benzene rings is 1. The minimum Gasteiger partial charge on any atom is -0.497 e. The number of nitrogens with zero attached hydrogens (tertiary/aromatic N) is 4. The Kier molecular flexibility index (Phi) is 3.31. The number of aromatic nitrogens is 5. The lowest BCUT2D eigenvalue weighted by Gasteiger charge is -2.02. The summed E-state index contributed by atoms with van der Waals surface area (Å²) in [6, 6.07) is 12.5. The highest BCUT2D eigenvalue weighted by Crippen LogP contribution is 2.20. The van der Waals surface area contributed by atoms with E-state index in [2.05, 4.69) is 20.1 Å². The number of hydrogen-bond donors (Lipinski definition) is 1. The van der Waals surface area contributed by atoms with Crippen LogP contribution in [0.4, 0.5) is 0 Å². The van der Waals surface area contributed by atoms with Gasteiger partial charge < -0.3 is 4.74 Å². The molecule has 0 radical (unpaired) electrons.